The molecule has 1 amide bonds. The number of halogens is 1. The predicted molar refractivity (Wildman–Crippen MR) is 80.8 cm³/mol. The van der Waals surface area contributed by atoms with Gasteiger partial charge in [-0.25, -0.2) is 4.39 Å². The van der Waals surface area contributed by atoms with Gasteiger partial charge in [0.15, 0.2) is 0 Å². The molecular formula is C18H22FNO2. The maximum atomic E-state index is 13.0. The summed E-state index contributed by atoms with van der Waals surface area (Å²) in [7, 11) is 0. The first-order valence-corrected chi connectivity index (χ1v) is 8.16. The van der Waals surface area contributed by atoms with Crippen molar-refractivity contribution in [1.82, 2.24) is 5.32 Å². The number of hydrogen-bond acceptors (Lipinski definition) is 2. The highest BCUT2D eigenvalue weighted by Gasteiger charge is 2.60. The minimum absolute atomic E-state index is 0.0249. The monoisotopic (exact) mass is 303 g/mol. The second-order valence-corrected chi connectivity index (χ2v) is 7.55. The maximum absolute atomic E-state index is 13.0. The largest absolute Gasteiger partial charge is 0.377 e. The molecule has 2 saturated carbocycles. The van der Waals surface area contributed by atoms with Gasteiger partial charge in [0.1, 0.15) is 5.82 Å². The lowest BCUT2D eigenvalue weighted by atomic mass is 9.57. The van der Waals surface area contributed by atoms with Crippen LogP contribution >= 0.6 is 0 Å². The van der Waals surface area contributed by atoms with Crippen LogP contribution in [-0.4, -0.2) is 24.7 Å². The summed E-state index contributed by atoms with van der Waals surface area (Å²) < 4.78 is 18.7. The molecule has 0 spiro atoms. The smallest absolute Gasteiger partial charge is 0.223 e. The second-order valence-electron chi connectivity index (χ2n) is 7.55. The predicted octanol–water partition coefficient (Wildman–Crippen LogP) is 2.86. The number of carbonyl (C=O) groups is 1. The molecule has 3 fully saturated rings. The standard InChI is InChI=1S/C18H22FNO2/c1-18(2)15(12-7-8-22-16(12)18)20-17(21)14-9-13(14)10-3-5-11(19)6-4-10/h3-6,12-16H,7-9H2,1-2H3,(H,20,21)/t12-,13-,14-,15-,16+/m1/s1. The molecule has 0 aromatic heterocycles. The highest BCUT2D eigenvalue weighted by atomic mass is 19.1. The molecule has 1 aliphatic heterocycles. The molecule has 0 bridgehead atoms. The molecule has 0 unspecified atom stereocenters. The third kappa shape index (κ3) is 2.08. The number of rotatable bonds is 3. The molecule has 1 saturated heterocycles. The van der Waals surface area contributed by atoms with Crippen LogP contribution in [0.25, 0.3) is 0 Å². The van der Waals surface area contributed by atoms with Crippen molar-refractivity contribution in [1.29, 1.82) is 0 Å². The molecule has 22 heavy (non-hydrogen) atoms. The number of nitrogens with one attached hydrogen (secondary N) is 1. The van der Waals surface area contributed by atoms with Gasteiger partial charge in [0, 0.05) is 29.9 Å². The SMILES string of the molecule is CC1(C)[C@H](NC(=O)[C@@H]2C[C@@H]2c2ccc(F)cc2)[C@H]2CCO[C@@H]21. The molecule has 118 valence electrons. The van der Waals surface area contributed by atoms with E-state index in [2.05, 4.69) is 19.2 Å². The summed E-state index contributed by atoms with van der Waals surface area (Å²) in [5, 5.41) is 3.26. The Hall–Kier alpha value is -1.42. The van der Waals surface area contributed by atoms with Crippen molar-refractivity contribution in [2.75, 3.05) is 6.61 Å². The lowest BCUT2D eigenvalue weighted by Crippen LogP contribution is -2.66. The molecular weight excluding hydrogens is 281 g/mol. The fourth-order valence-electron chi connectivity index (χ4n) is 4.44. The first-order valence-electron chi connectivity index (χ1n) is 8.16. The van der Waals surface area contributed by atoms with E-state index in [1.807, 2.05) is 0 Å². The van der Waals surface area contributed by atoms with Crippen LogP contribution < -0.4 is 5.32 Å². The minimum atomic E-state index is -0.228. The van der Waals surface area contributed by atoms with Crippen LogP contribution in [0.4, 0.5) is 4.39 Å². The van der Waals surface area contributed by atoms with Crippen LogP contribution in [-0.2, 0) is 9.53 Å². The summed E-state index contributed by atoms with van der Waals surface area (Å²) in [5.41, 5.74) is 1.09. The third-order valence-corrected chi connectivity index (χ3v) is 5.82. The first kappa shape index (κ1) is 14.2. The van der Waals surface area contributed by atoms with Crippen molar-refractivity contribution in [2.24, 2.45) is 17.3 Å². The van der Waals surface area contributed by atoms with E-state index < -0.39 is 0 Å². The number of amides is 1. The highest BCUT2D eigenvalue weighted by molar-refractivity contribution is 5.83. The Morgan fingerprint density at radius 1 is 1.32 bits per heavy atom. The second kappa shape index (κ2) is 4.79. The summed E-state index contributed by atoms with van der Waals surface area (Å²) in [4.78, 5) is 12.5. The average molecular weight is 303 g/mol. The summed E-state index contributed by atoms with van der Waals surface area (Å²) >= 11 is 0. The van der Waals surface area contributed by atoms with Gasteiger partial charge in [0.2, 0.25) is 5.91 Å². The van der Waals surface area contributed by atoms with E-state index in [0.717, 1.165) is 25.0 Å². The van der Waals surface area contributed by atoms with Gasteiger partial charge in [0.05, 0.1) is 6.10 Å². The Morgan fingerprint density at radius 3 is 2.77 bits per heavy atom. The molecule has 5 atom stereocenters. The minimum Gasteiger partial charge on any atom is -0.377 e. The fourth-order valence-corrected chi connectivity index (χ4v) is 4.44. The number of ether oxygens (including phenoxy) is 1. The van der Waals surface area contributed by atoms with E-state index in [0.29, 0.717) is 12.0 Å². The summed E-state index contributed by atoms with van der Waals surface area (Å²) in [6.45, 7) is 5.16. The van der Waals surface area contributed by atoms with E-state index in [1.54, 1.807) is 12.1 Å². The van der Waals surface area contributed by atoms with Crippen LogP contribution in [0, 0.1) is 23.1 Å². The van der Waals surface area contributed by atoms with Crippen molar-refractivity contribution >= 4 is 5.91 Å². The van der Waals surface area contributed by atoms with Crippen LogP contribution in [0.1, 0.15) is 38.2 Å². The quantitative estimate of drug-likeness (QED) is 0.932. The Labute approximate surface area is 130 Å². The third-order valence-electron chi connectivity index (χ3n) is 5.82. The number of fused-ring (bicyclic) bond motifs is 1. The molecule has 4 rings (SSSR count). The van der Waals surface area contributed by atoms with E-state index in [-0.39, 0.29) is 35.0 Å². The summed E-state index contributed by atoms with van der Waals surface area (Å²) in [6.07, 6.45) is 2.21. The zero-order chi connectivity index (χ0) is 15.5. The number of benzene rings is 1. The zero-order valence-corrected chi connectivity index (χ0v) is 13.0. The molecule has 1 aromatic carbocycles. The van der Waals surface area contributed by atoms with Crippen molar-refractivity contribution < 1.29 is 13.9 Å². The van der Waals surface area contributed by atoms with Crippen LogP contribution in [0.2, 0.25) is 0 Å². The Balaban J connectivity index is 1.39. The Bertz CT molecular complexity index is 598. The fraction of sp³-hybridized carbons (Fsp3) is 0.611. The van der Waals surface area contributed by atoms with Gasteiger partial charge in [0.25, 0.3) is 0 Å². The van der Waals surface area contributed by atoms with Crippen LogP contribution in [0.3, 0.4) is 0 Å². The average Bonchev–Trinajstić information content (AvgIpc) is 3.15. The highest BCUT2D eigenvalue weighted by Crippen LogP contribution is 2.53. The Morgan fingerprint density at radius 2 is 2.05 bits per heavy atom. The van der Waals surface area contributed by atoms with Crippen molar-refractivity contribution in [3.8, 4) is 0 Å². The molecule has 1 aromatic rings. The first-order chi connectivity index (χ1) is 10.5. The lowest BCUT2D eigenvalue weighted by molar-refractivity contribution is -0.138. The van der Waals surface area contributed by atoms with Gasteiger partial charge < -0.3 is 10.1 Å². The van der Waals surface area contributed by atoms with Crippen molar-refractivity contribution in [3.63, 3.8) is 0 Å². The number of carbonyl (C=O) groups excluding carboxylic acids is 1. The molecule has 2 aliphatic carbocycles. The van der Waals surface area contributed by atoms with E-state index in [9.17, 15) is 9.18 Å². The molecule has 4 heteroatoms. The zero-order valence-electron chi connectivity index (χ0n) is 13.0. The topological polar surface area (TPSA) is 38.3 Å². The maximum Gasteiger partial charge on any atom is 0.223 e. The van der Waals surface area contributed by atoms with Gasteiger partial charge in [-0.1, -0.05) is 26.0 Å². The van der Waals surface area contributed by atoms with Crippen LogP contribution in [0.15, 0.2) is 24.3 Å². The molecule has 3 aliphatic rings. The molecule has 1 N–H and O–H groups in total. The summed E-state index contributed by atoms with van der Waals surface area (Å²) in [6, 6.07) is 6.75. The van der Waals surface area contributed by atoms with Crippen molar-refractivity contribution in [2.45, 2.75) is 44.8 Å². The van der Waals surface area contributed by atoms with Crippen LogP contribution in [0.5, 0.6) is 0 Å². The molecule has 3 nitrogen and oxygen atoms in total. The number of hydrogen-bond donors (Lipinski definition) is 1. The van der Waals surface area contributed by atoms with Gasteiger partial charge in [-0.05, 0) is 36.5 Å². The van der Waals surface area contributed by atoms with E-state index in [1.165, 1.54) is 12.1 Å². The van der Waals surface area contributed by atoms with Crippen molar-refractivity contribution in [3.05, 3.63) is 35.6 Å². The van der Waals surface area contributed by atoms with Gasteiger partial charge in [-0.2, -0.15) is 0 Å². The van der Waals surface area contributed by atoms with E-state index in [4.69, 9.17) is 4.74 Å². The Kier molecular flexibility index (Phi) is 3.09. The summed E-state index contributed by atoms with van der Waals surface area (Å²) in [5.74, 6) is 0.690. The van der Waals surface area contributed by atoms with Gasteiger partial charge in [-0.15, -0.1) is 0 Å². The van der Waals surface area contributed by atoms with Gasteiger partial charge in [-0.3, -0.25) is 4.79 Å². The van der Waals surface area contributed by atoms with Gasteiger partial charge >= 0.3 is 0 Å². The molecule has 1 heterocycles. The normalized spacial score (nSPS) is 38.0. The lowest BCUT2D eigenvalue weighted by Gasteiger charge is -2.54. The molecule has 0 radical (unpaired) electrons. The van der Waals surface area contributed by atoms with E-state index >= 15 is 0 Å².